The lowest BCUT2D eigenvalue weighted by Crippen LogP contribution is -2.13. The topological polar surface area (TPSA) is 20.2 Å². The van der Waals surface area contributed by atoms with Crippen LogP contribution >= 0.6 is 0 Å². The first-order valence-corrected chi connectivity index (χ1v) is 4.63. The van der Waals surface area contributed by atoms with Gasteiger partial charge in [0.15, 0.2) is 0 Å². The molecule has 1 aliphatic rings. The highest BCUT2D eigenvalue weighted by Gasteiger charge is 2.16. The fraction of sp³-hybridized carbons (Fsp3) is 0.636. The van der Waals surface area contributed by atoms with E-state index in [9.17, 15) is 0 Å². The standard InChI is InChI=1S/C11H18O/c1-8(2)10-5-4-9(3)11(6-10)7-12/h4-5,8,11-12H,6-7H2,1-3H3. The summed E-state index contributed by atoms with van der Waals surface area (Å²) in [4.78, 5) is 0. The van der Waals surface area contributed by atoms with Crippen LogP contribution in [-0.2, 0) is 0 Å². The molecular formula is C11H18O. The Morgan fingerprint density at radius 1 is 1.50 bits per heavy atom. The first-order chi connectivity index (χ1) is 5.65. The molecule has 1 unspecified atom stereocenters. The SMILES string of the molecule is CC1=CC=C(C(C)C)CC1CO. The van der Waals surface area contributed by atoms with Gasteiger partial charge in [-0.1, -0.05) is 37.1 Å². The van der Waals surface area contributed by atoms with Crippen molar-refractivity contribution in [2.24, 2.45) is 11.8 Å². The van der Waals surface area contributed by atoms with Gasteiger partial charge in [-0.25, -0.2) is 0 Å². The molecule has 1 atom stereocenters. The predicted octanol–water partition coefficient (Wildman–Crippen LogP) is 2.53. The molecule has 0 aromatic rings. The number of allylic oxidation sites excluding steroid dienone is 3. The van der Waals surface area contributed by atoms with E-state index >= 15 is 0 Å². The van der Waals surface area contributed by atoms with E-state index in [0.717, 1.165) is 6.42 Å². The van der Waals surface area contributed by atoms with Crippen LogP contribution in [0.15, 0.2) is 23.3 Å². The normalized spacial score (nSPS) is 23.9. The molecule has 0 heterocycles. The van der Waals surface area contributed by atoms with Gasteiger partial charge < -0.3 is 5.11 Å². The van der Waals surface area contributed by atoms with Crippen molar-refractivity contribution < 1.29 is 5.11 Å². The molecule has 1 rings (SSSR count). The van der Waals surface area contributed by atoms with Crippen molar-refractivity contribution in [3.8, 4) is 0 Å². The van der Waals surface area contributed by atoms with E-state index < -0.39 is 0 Å². The minimum Gasteiger partial charge on any atom is -0.396 e. The maximum absolute atomic E-state index is 9.09. The monoisotopic (exact) mass is 166 g/mol. The van der Waals surface area contributed by atoms with E-state index in [-0.39, 0.29) is 6.61 Å². The summed E-state index contributed by atoms with van der Waals surface area (Å²) in [6, 6.07) is 0. The lowest BCUT2D eigenvalue weighted by molar-refractivity contribution is 0.242. The number of hydrogen-bond donors (Lipinski definition) is 1. The largest absolute Gasteiger partial charge is 0.396 e. The Hall–Kier alpha value is -0.560. The van der Waals surface area contributed by atoms with Crippen molar-refractivity contribution in [3.63, 3.8) is 0 Å². The lowest BCUT2D eigenvalue weighted by Gasteiger charge is -2.23. The van der Waals surface area contributed by atoms with Crippen LogP contribution in [0.3, 0.4) is 0 Å². The third-order valence-electron chi connectivity index (χ3n) is 2.65. The van der Waals surface area contributed by atoms with Gasteiger partial charge in [0.2, 0.25) is 0 Å². The molecule has 0 aliphatic heterocycles. The molecule has 1 aliphatic carbocycles. The first kappa shape index (κ1) is 9.53. The molecular weight excluding hydrogens is 148 g/mol. The zero-order valence-corrected chi connectivity index (χ0v) is 8.17. The summed E-state index contributed by atoms with van der Waals surface area (Å²) >= 11 is 0. The average molecular weight is 166 g/mol. The van der Waals surface area contributed by atoms with Crippen molar-refractivity contribution in [2.45, 2.75) is 27.2 Å². The number of aliphatic hydroxyl groups is 1. The van der Waals surface area contributed by atoms with Crippen LogP contribution in [0.5, 0.6) is 0 Å². The molecule has 1 N–H and O–H groups in total. The van der Waals surface area contributed by atoms with Crippen molar-refractivity contribution in [1.82, 2.24) is 0 Å². The molecule has 0 aromatic carbocycles. The van der Waals surface area contributed by atoms with Gasteiger partial charge in [0, 0.05) is 12.5 Å². The molecule has 1 nitrogen and oxygen atoms in total. The lowest BCUT2D eigenvalue weighted by atomic mass is 9.84. The fourth-order valence-corrected chi connectivity index (χ4v) is 1.52. The number of rotatable bonds is 2. The van der Waals surface area contributed by atoms with E-state index in [1.807, 2.05) is 0 Å². The summed E-state index contributed by atoms with van der Waals surface area (Å²) in [5, 5.41) is 9.09. The van der Waals surface area contributed by atoms with E-state index in [1.165, 1.54) is 11.1 Å². The van der Waals surface area contributed by atoms with Gasteiger partial charge in [-0.05, 0) is 19.3 Å². The summed E-state index contributed by atoms with van der Waals surface area (Å²) in [6.45, 7) is 6.78. The Morgan fingerprint density at radius 2 is 2.17 bits per heavy atom. The van der Waals surface area contributed by atoms with Crippen LogP contribution in [0.25, 0.3) is 0 Å². The third kappa shape index (κ3) is 1.98. The third-order valence-corrected chi connectivity index (χ3v) is 2.65. The van der Waals surface area contributed by atoms with Gasteiger partial charge in [0.05, 0.1) is 0 Å². The molecule has 0 saturated heterocycles. The molecule has 0 spiro atoms. The Kier molecular flexibility index (Phi) is 3.10. The molecule has 0 aromatic heterocycles. The van der Waals surface area contributed by atoms with Gasteiger partial charge in [-0.2, -0.15) is 0 Å². The van der Waals surface area contributed by atoms with Crippen LogP contribution in [0.4, 0.5) is 0 Å². The van der Waals surface area contributed by atoms with Crippen LogP contribution in [0.1, 0.15) is 27.2 Å². The molecule has 68 valence electrons. The van der Waals surface area contributed by atoms with E-state index in [0.29, 0.717) is 11.8 Å². The van der Waals surface area contributed by atoms with Gasteiger partial charge in [0.25, 0.3) is 0 Å². The first-order valence-electron chi connectivity index (χ1n) is 4.63. The molecule has 0 amide bonds. The maximum Gasteiger partial charge on any atom is 0.0499 e. The van der Waals surface area contributed by atoms with Crippen molar-refractivity contribution in [1.29, 1.82) is 0 Å². The van der Waals surface area contributed by atoms with E-state index in [2.05, 4.69) is 32.9 Å². The van der Waals surface area contributed by atoms with Crippen molar-refractivity contribution in [2.75, 3.05) is 6.61 Å². The molecule has 0 radical (unpaired) electrons. The van der Waals surface area contributed by atoms with E-state index in [1.54, 1.807) is 0 Å². The molecule has 1 heteroatoms. The second-order valence-corrected chi connectivity index (χ2v) is 3.89. The summed E-state index contributed by atoms with van der Waals surface area (Å²) in [5.41, 5.74) is 2.77. The van der Waals surface area contributed by atoms with E-state index in [4.69, 9.17) is 5.11 Å². The highest BCUT2D eigenvalue weighted by Crippen LogP contribution is 2.28. The van der Waals surface area contributed by atoms with Gasteiger partial charge in [-0.15, -0.1) is 0 Å². The molecule has 0 fully saturated rings. The second kappa shape index (κ2) is 3.90. The fourth-order valence-electron chi connectivity index (χ4n) is 1.52. The van der Waals surface area contributed by atoms with Gasteiger partial charge in [0.1, 0.15) is 0 Å². The molecule has 0 saturated carbocycles. The zero-order chi connectivity index (χ0) is 9.14. The predicted molar refractivity (Wildman–Crippen MR) is 51.9 cm³/mol. The highest BCUT2D eigenvalue weighted by atomic mass is 16.3. The van der Waals surface area contributed by atoms with Crippen LogP contribution in [0, 0.1) is 11.8 Å². The van der Waals surface area contributed by atoms with Gasteiger partial charge >= 0.3 is 0 Å². The number of aliphatic hydroxyl groups excluding tert-OH is 1. The Labute approximate surface area is 74.8 Å². The van der Waals surface area contributed by atoms with Crippen molar-refractivity contribution >= 4 is 0 Å². The zero-order valence-electron chi connectivity index (χ0n) is 8.17. The second-order valence-electron chi connectivity index (χ2n) is 3.89. The Balaban J connectivity index is 2.72. The Morgan fingerprint density at radius 3 is 2.67 bits per heavy atom. The highest BCUT2D eigenvalue weighted by molar-refractivity contribution is 5.26. The molecule has 12 heavy (non-hydrogen) atoms. The van der Waals surface area contributed by atoms with Crippen molar-refractivity contribution in [3.05, 3.63) is 23.3 Å². The Bertz CT molecular complexity index is 211. The number of hydrogen-bond acceptors (Lipinski definition) is 1. The quantitative estimate of drug-likeness (QED) is 0.668. The summed E-state index contributed by atoms with van der Waals surface area (Å²) in [6.07, 6.45) is 5.38. The van der Waals surface area contributed by atoms with Gasteiger partial charge in [-0.3, -0.25) is 0 Å². The minimum absolute atomic E-state index is 0.284. The van der Waals surface area contributed by atoms with Crippen LogP contribution in [-0.4, -0.2) is 11.7 Å². The minimum atomic E-state index is 0.284. The molecule has 0 bridgehead atoms. The summed E-state index contributed by atoms with van der Waals surface area (Å²) < 4.78 is 0. The van der Waals surface area contributed by atoms with Crippen LogP contribution < -0.4 is 0 Å². The average Bonchev–Trinajstić information content (AvgIpc) is 2.05. The summed E-state index contributed by atoms with van der Waals surface area (Å²) in [5.74, 6) is 0.982. The van der Waals surface area contributed by atoms with Crippen LogP contribution in [0.2, 0.25) is 0 Å². The maximum atomic E-state index is 9.09. The summed E-state index contributed by atoms with van der Waals surface area (Å²) in [7, 11) is 0. The smallest absolute Gasteiger partial charge is 0.0499 e.